The summed E-state index contributed by atoms with van der Waals surface area (Å²) in [6.07, 6.45) is 1.62. The van der Waals surface area contributed by atoms with E-state index in [1.807, 2.05) is 6.92 Å². The first-order valence-corrected chi connectivity index (χ1v) is 4.13. The highest BCUT2D eigenvalue weighted by molar-refractivity contribution is 4.73. The van der Waals surface area contributed by atoms with Gasteiger partial charge in [-0.2, -0.15) is 4.91 Å². The Morgan fingerprint density at radius 2 is 2.08 bits per heavy atom. The van der Waals surface area contributed by atoms with E-state index in [2.05, 4.69) is 5.18 Å². The van der Waals surface area contributed by atoms with Crippen LogP contribution in [0.2, 0.25) is 0 Å². The van der Waals surface area contributed by atoms with E-state index in [0.29, 0.717) is 12.8 Å². The maximum atomic E-state index is 10.4. The fourth-order valence-electron chi connectivity index (χ4n) is 1.17. The minimum Gasteiger partial charge on any atom is -0.264 e. The summed E-state index contributed by atoms with van der Waals surface area (Å²) < 4.78 is 0. The molecule has 0 saturated carbocycles. The zero-order chi connectivity index (χ0) is 9.56. The second-order valence-electron chi connectivity index (χ2n) is 2.72. The van der Waals surface area contributed by atoms with Crippen LogP contribution in [0.25, 0.3) is 0 Å². The first-order valence-electron chi connectivity index (χ1n) is 4.13. The molecule has 0 aromatic rings. The predicted molar refractivity (Wildman–Crippen MR) is 45.6 cm³/mol. The lowest BCUT2D eigenvalue weighted by Crippen LogP contribution is -2.31. The van der Waals surface area contributed by atoms with Gasteiger partial charge >= 0.3 is 0 Å². The lowest BCUT2D eigenvalue weighted by Gasteiger charge is -2.11. The maximum absolute atomic E-state index is 10.4. The van der Waals surface area contributed by atoms with Crippen LogP contribution in [0.3, 0.4) is 0 Å². The van der Waals surface area contributed by atoms with Crippen LogP contribution < -0.4 is 0 Å². The normalized spacial score (nSPS) is 15.2. The van der Waals surface area contributed by atoms with Gasteiger partial charge in [-0.1, -0.05) is 25.4 Å². The molecule has 0 spiro atoms. The standard InChI is InChI=1S/C7H14N2O3/c1-3-5-6(8-10)7(4-2)9(11)12/h6-7H,3-5H2,1-2H3. The third-order valence-electron chi connectivity index (χ3n) is 1.85. The summed E-state index contributed by atoms with van der Waals surface area (Å²) in [6.45, 7) is 3.58. The third kappa shape index (κ3) is 2.94. The van der Waals surface area contributed by atoms with Gasteiger partial charge in [0, 0.05) is 11.3 Å². The van der Waals surface area contributed by atoms with Gasteiger partial charge in [-0.3, -0.25) is 10.1 Å². The van der Waals surface area contributed by atoms with E-state index < -0.39 is 17.0 Å². The molecule has 0 heterocycles. The van der Waals surface area contributed by atoms with Crippen LogP contribution in [0, 0.1) is 15.0 Å². The topological polar surface area (TPSA) is 72.6 Å². The van der Waals surface area contributed by atoms with Crippen molar-refractivity contribution in [2.45, 2.75) is 45.2 Å². The minimum atomic E-state index is -0.803. The summed E-state index contributed by atoms with van der Waals surface area (Å²) in [4.78, 5) is 20.2. The first-order chi connectivity index (χ1) is 5.67. The molecule has 2 unspecified atom stereocenters. The van der Waals surface area contributed by atoms with E-state index >= 15 is 0 Å². The monoisotopic (exact) mass is 174 g/mol. The molecule has 0 radical (unpaired) electrons. The molecule has 70 valence electrons. The van der Waals surface area contributed by atoms with E-state index in [9.17, 15) is 15.0 Å². The third-order valence-corrected chi connectivity index (χ3v) is 1.85. The van der Waals surface area contributed by atoms with Gasteiger partial charge in [0.05, 0.1) is 0 Å². The Kier molecular flexibility index (Phi) is 5.16. The summed E-state index contributed by atoms with van der Waals surface area (Å²) in [5, 5.41) is 13.2. The SMILES string of the molecule is CCCC(N=O)C(CC)[N+](=O)[O-]. The van der Waals surface area contributed by atoms with Gasteiger partial charge in [-0.25, -0.2) is 0 Å². The van der Waals surface area contributed by atoms with E-state index in [0.717, 1.165) is 6.42 Å². The Bertz CT molecular complexity index is 161. The van der Waals surface area contributed by atoms with Gasteiger partial charge in [-0.15, -0.1) is 0 Å². The Morgan fingerprint density at radius 3 is 2.33 bits per heavy atom. The van der Waals surface area contributed by atoms with E-state index in [1.165, 1.54) is 0 Å². The van der Waals surface area contributed by atoms with Crippen LogP contribution in [-0.2, 0) is 0 Å². The van der Waals surface area contributed by atoms with Gasteiger partial charge in [0.2, 0.25) is 6.04 Å². The summed E-state index contributed by atoms with van der Waals surface area (Å²) >= 11 is 0. The highest BCUT2D eigenvalue weighted by atomic mass is 16.6. The molecular formula is C7H14N2O3. The molecule has 0 amide bonds. The Hall–Kier alpha value is -1.00. The van der Waals surface area contributed by atoms with Gasteiger partial charge in [-0.05, 0) is 6.42 Å². The average Bonchev–Trinajstić information content (AvgIpc) is 2.03. The molecule has 0 aliphatic heterocycles. The molecule has 0 saturated heterocycles. The first kappa shape index (κ1) is 11.0. The van der Waals surface area contributed by atoms with E-state index in [1.54, 1.807) is 6.92 Å². The lowest BCUT2D eigenvalue weighted by atomic mass is 10.0. The second kappa shape index (κ2) is 5.62. The Labute approximate surface area is 71.3 Å². The quantitative estimate of drug-likeness (QED) is 0.351. The Balaban J connectivity index is 4.22. The number of hydrogen-bond donors (Lipinski definition) is 0. The molecular weight excluding hydrogens is 160 g/mol. The number of nitrogens with zero attached hydrogens (tertiary/aromatic N) is 2. The van der Waals surface area contributed by atoms with Crippen LogP contribution in [0.1, 0.15) is 33.1 Å². The molecule has 0 N–H and O–H groups in total. The molecule has 0 rings (SSSR count). The lowest BCUT2D eigenvalue weighted by molar-refractivity contribution is -0.526. The molecule has 0 bridgehead atoms. The van der Waals surface area contributed by atoms with Crippen molar-refractivity contribution in [3.8, 4) is 0 Å². The van der Waals surface area contributed by atoms with Gasteiger partial charge in [0.25, 0.3) is 0 Å². The fraction of sp³-hybridized carbons (Fsp3) is 1.00. The molecule has 0 aliphatic rings. The highest BCUT2D eigenvalue weighted by Crippen LogP contribution is 2.12. The van der Waals surface area contributed by atoms with Crippen molar-refractivity contribution < 1.29 is 4.92 Å². The summed E-state index contributed by atoms with van der Waals surface area (Å²) in [5.74, 6) is 0. The number of nitro groups is 1. The van der Waals surface area contributed by atoms with Gasteiger partial charge < -0.3 is 0 Å². The minimum absolute atomic E-state index is 0.364. The summed E-state index contributed by atoms with van der Waals surface area (Å²) in [6, 6.07) is -1.46. The van der Waals surface area contributed by atoms with Crippen molar-refractivity contribution in [2.75, 3.05) is 0 Å². The van der Waals surface area contributed by atoms with Crippen molar-refractivity contribution in [3.05, 3.63) is 15.0 Å². The second-order valence-corrected chi connectivity index (χ2v) is 2.72. The fourth-order valence-corrected chi connectivity index (χ4v) is 1.17. The molecule has 0 fully saturated rings. The van der Waals surface area contributed by atoms with Crippen molar-refractivity contribution in [3.63, 3.8) is 0 Å². The van der Waals surface area contributed by atoms with Gasteiger partial charge in [0.1, 0.15) is 0 Å². The predicted octanol–water partition coefficient (Wildman–Crippen LogP) is 1.98. The van der Waals surface area contributed by atoms with Crippen molar-refractivity contribution in [2.24, 2.45) is 5.18 Å². The van der Waals surface area contributed by atoms with Crippen LogP contribution in [0.5, 0.6) is 0 Å². The van der Waals surface area contributed by atoms with Crippen LogP contribution in [0.4, 0.5) is 0 Å². The van der Waals surface area contributed by atoms with Crippen molar-refractivity contribution >= 4 is 0 Å². The van der Waals surface area contributed by atoms with Crippen LogP contribution in [0.15, 0.2) is 5.18 Å². The van der Waals surface area contributed by atoms with Crippen LogP contribution in [-0.4, -0.2) is 17.0 Å². The van der Waals surface area contributed by atoms with E-state index in [4.69, 9.17) is 0 Å². The molecule has 0 aliphatic carbocycles. The molecule has 12 heavy (non-hydrogen) atoms. The zero-order valence-electron chi connectivity index (χ0n) is 7.40. The number of nitroso groups, excluding NO2 is 1. The summed E-state index contributed by atoms with van der Waals surface area (Å²) in [7, 11) is 0. The average molecular weight is 174 g/mol. The van der Waals surface area contributed by atoms with Crippen molar-refractivity contribution in [1.82, 2.24) is 0 Å². The zero-order valence-corrected chi connectivity index (χ0v) is 7.40. The smallest absolute Gasteiger partial charge is 0.238 e. The highest BCUT2D eigenvalue weighted by Gasteiger charge is 2.29. The molecule has 0 aromatic heterocycles. The molecule has 5 heteroatoms. The molecule has 5 nitrogen and oxygen atoms in total. The molecule has 2 atom stereocenters. The van der Waals surface area contributed by atoms with Crippen LogP contribution >= 0.6 is 0 Å². The Morgan fingerprint density at radius 1 is 1.50 bits per heavy atom. The molecule has 0 aromatic carbocycles. The largest absolute Gasteiger partial charge is 0.264 e. The van der Waals surface area contributed by atoms with Gasteiger partial charge in [0.15, 0.2) is 6.04 Å². The number of hydrogen-bond acceptors (Lipinski definition) is 4. The number of rotatable bonds is 6. The summed E-state index contributed by atoms with van der Waals surface area (Å²) in [5.41, 5.74) is 0. The maximum Gasteiger partial charge on any atom is 0.238 e. The van der Waals surface area contributed by atoms with E-state index in [-0.39, 0.29) is 0 Å². The van der Waals surface area contributed by atoms with Crippen molar-refractivity contribution in [1.29, 1.82) is 0 Å².